The number of rotatable bonds is 3. The quantitative estimate of drug-likeness (QED) is 0.903. The third-order valence-electron chi connectivity index (χ3n) is 5.41. The molecular weight excluding hydrogens is 232 g/mol. The summed E-state index contributed by atoms with van der Waals surface area (Å²) < 4.78 is 0. The van der Waals surface area contributed by atoms with Crippen molar-refractivity contribution in [1.82, 2.24) is 4.90 Å². The summed E-state index contributed by atoms with van der Waals surface area (Å²) in [7, 11) is 0. The smallest absolute Gasteiger partial charge is 0.0340 e. The van der Waals surface area contributed by atoms with Crippen LogP contribution in [0, 0.1) is 11.8 Å². The molecule has 0 aromatic heterocycles. The standard InChI is InChI=1S/C17H26N2/c1-13(2)16-9-17(10-16,12-18)19-8-7-14-5-3-4-6-15(14)11-19/h3-6,13,16H,7-12,18H2,1-2H3. The van der Waals surface area contributed by atoms with Crippen LogP contribution in [0.25, 0.3) is 0 Å². The topological polar surface area (TPSA) is 29.3 Å². The van der Waals surface area contributed by atoms with Crippen LogP contribution in [0.1, 0.15) is 37.8 Å². The van der Waals surface area contributed by atoms with Gasteiger partial charge in [0.15, 0.2) is 0 Å². The highest BCUT2D eigenvalue weighted by Gasteiger charge is 2.48. The van der Waals surface area contributed by atoms with E-state index in [-0.39, 0.29) is 0 Å². The lowest BCUT2D eigenvalue weighted by Crippen LogP contribution is -2.63. The number of hydrogen-bond donors (Lipinski definition) is 1. The van der Waals surface area contributed by atoms with E-state index in [9.17, 15) is 0 Å². The van der Waals surface area contributed by atoms with Gasteiger partial charge in [-0.25, -0.2) is 0 Å². The van der Waals surface area contributed by atoms with E-state index >= 15 is 0 Å². The van der Waals surface area contributed by atoms with Gasteiger partial charge < -0.3 is 5.73 Å². The fraction of sp³-hybridized carbons (Fsp3) is 0.647. The second-order valence-corrected chi connectivity index (χ2v) is 6.78. The summed E-state index contributed by atoms with van der Waals surface area (Å²) in [4.78, 5) is 2.66. The van der Waals surface area contributed by atoms with Crippen LogP contribution in [0.2, 0.25) is 0 Å². The molecule has 0 spiro atoms. The third-order valence-corrected chi connectivity index (χ3v) is 5.41. The van der Waals surface area contributed by atoms with E-state index < -0.39 is 0 Å². The predicted octanol–water partition coefficient (Wildman–Crippen LogP) is 2.81. The fourth-order valence-corrected chi connectivity index (χ4v) is 3.84. The Morgan fingerprint density at radius 1 is 1.26 bits per heavy atom. The summed E-state index contributed by atoms with van der Waals surface area (Å²) in [6.45, 7) is 7.78. The molecule has 0 atom stereocenters. The van der Waals surface area contributed by atoms with Gasteiger partial charge in [-0.3, -0.25) is 4.90 Å². The van der Waals surface area contributed by atoms with Crippen LogP contribution in [0.4, 0.5) is 0 Å². The molecule has 1 aromatic carbocycles. The van der Waals surface area contributed by atoms with Crippen molar-refractivity contribution in [3.63, 3.8) is 0 Å². The van der Waals surface area contributed by atoms with E-state index in [0.717, 1.165) is 24.9 Å². The van der Waals surface area contributed by atoms with Gasteiger partial charge >= 0.3 is 0 Å². The third kappa shape index (κ3) is 2.21. The SMILES string of the molecule is CC(C)C1CC(CN)(N2CCc3ccccc3C2)C1. The normalized spacial score (nSPS) is 31.1. The highest BCUT2D eigenvalue weighted by atomic mass is 15.2. The molecule has 19 heavy (non-hydrogen) atoms. The minimum Gasteiger partial charge on any atom is -0.329 e. The van der Waals surface area contributed by atoms with Gasteiger partial charge in [0, 0.05) is 25.2 Å². The molecule has 1 heterocycles. The van der Waals surface area contributed by atoms with Crippen molar-refractivity contribution >= 4 is 0 Å². The Bertz CT molecular complexity index is 446. The zero-order chi connectivity index (χ0) is 13.5. The number of benzene rings is 1. The molecule has 1 aliphatic heterocycles. The maximum Gasteiger partial charge on any atom is 0.0340 e. The molecular formula is C17H26N2. The molecule has 0 saturated heterocycles. The Morgan fingerprint density at radius 2 is 1.95 bits per heavy atom. The molecule has 1 aromatic rings. The van der Waals surface area contributed by atoms with Gasteiger partial charge in [0.25, 0.3) is 0 Å². The Hall–Kier alpha value is -0.860. The van der Waals surface area contributed by atoms with E-state index in [0.29, 0.717) is 5.54 Å². The molecule has 1 saturated carbocycles. The van der Waals surface area contributed by atoms with Crippen LogP contribution in [-0.2, 0) is 13.0 Å². The van der Waals surface area contributed by atoms with Crippen molar-refractivity contribution in [2.24, 2.45) is 17.6 Å². The lowest BCUT2D eigenvalue weighted by molar-refractivity contribution is -0.0432. The van der Waals surface area contributed by atoms with Crippen LogP contribution in [0.5, 0.6) is 0 Å². The summed E-state index contributed by atoms with van der Waals surface area (Å²) in [5, 5.41) is 0. The molecule has 0 amide bonds. The number of fused-ring (bicyclic) bond motifs is 1. The van der Waals surface area contributed by atoms with Crippen molar-refractivity contribution < 1.29 is 0 Å². The van der Waals surface area contributed by atoms with E-state index in [1.807, 2.05) is 0 Å². The molecule has 0 unspecified atom stereocenters. The van der Waals surface area contributed by atoms with Crippen LogP contribution in [-0.4, -0.2) is 23.5 Å². The Morgan fingerprint density at radius 3 is 2.58 bits per heavy atom. The monoisotopic (exact) mass is 258 g/mol. The molecule has 0 radical (unpaired) electrons. The fourth-order valence-electron chi connectivity index (χ4n) is 3.84. The van der Waals surface area contributed by atoms with E-state index in [1.165, 1.54) is 36.9 Å². The van der Waals surface area contributed by atoms with Gasteiger partial charge in [-0.15, -0.1) is 0 Å². The minimum absolute atomic E-state index is 0.294. The van der Waals surface area contributed by atoms with Crippen LogP contribution >= 0.6 is 0 Å². The van der Waals surface area contributed by atoms with Crippen molar-refractivity contribution in [2.75, 3.05) is 13.1 Å². The number of hydrogen-bond acceptors (Lipinski definition) is 2. The highest BCUT2D eigenvalue weighted by molar-refractivity contribution is 5.30. The molecule has 2 aliphatic rings. The maximum absolute atomic E-state index is 6.14. The lowest BCUT2D eigenvalue weighted by atomic mass is 9.62. The molecule has 1 aliphatic carbocycles. The van der Waals surface area contributed by atoms with Crippen LogP contribution in [0.3, 0.4) is 0 Å². The van der Waals surface area contributed by atoms with Crippen molar-refractivity contribution in [1.29, 1.82) is 0 Å². The highest BCUT2D eigenvalue weighted by Crippen LogP contribution is 2.46. The lowest BCUT2D eigenvalue weighted by Gasteiger charge is -2.56. The zero-order valence-corrected chi connectivity index (χ0v) is 12.2. The number of nitrogens with zero attached hydrogens (tertiary/aromatic N) is 1. The molecule has 1 fully saturated rings. The Balaban J connectivity index is 1.74. The summed E-state index contributed by atoms with van der Waals surface area (Å²) in [5.74, 6) is 1.68. The van der Waals surface area contributed by atoms with Crippen molar-refractivity contribution in [3.05, 3.63) is 35.4 Å². The van der Waals surface area contributed by atoms with Gasteiger partial charge in [0.2, 0.25) is 0 Å². The first kappa shape index (κ1) is 13.1. The first-order valence-electron chi connectivity index (χ1n) is 7.66. The van der Waals surface area contributed by atoms with Gasteiger partial charge in [0.05, 0.1) is 0 Å². The van der Waals surface area contributed by atoms with Gasteiger partial charge in [-0.05, 0) is 42.2 Å². The summed E-state index contributed by atoms with van der Waals surface area (Å²) in [6, 6.07) is 8.88. The molecule has 2 N–H and O–H groups in total. The van der Waals surface area contributed by atoms with E-state index in [4.69, 9.17) is 5.73 Å². The van der Waals surface area contributed by atoms with E-state index in [2.05, 4.69) is 43.0 Å². The summed E-state index contributed by atoms with van der Waals surface area (Å²) in [5.41, 5.74) is 9.48. The van der Waals surface area contributed by atoms with Gasteiger partial charge in [-0.2, -0.15) is 0 Å². The van der Waals surface area contributed by atoms with Crippen molar-refractivity contribution in [2.45, 2.75) is 45.2 Å². The molecule has 2 heteroatoms. The average molecular weight is 258 g/mol. The van der Waals surface area contributed by atoms with Crippen LogP contribution < -0.4 is 5.73 Å². The van der Waals surface area contributed by atoms with Gasteiger partial charge in [-0.1, -0.05) is 38.1 Å². The van der Waals surface area contributed by atoms with E-state index in [1.54, 1.807) is 0 Å². The summed E-state index contributed by atoms with van der Waals surface area (Å²) >= 11 is 0. The van der Waals surface area contributed by atoms with Crippen molar-refractivity contribution in [3.8, 4) is 0 Å². The Kier molecular flexibility index (Phi) is 3.40. The first-order valence-corrected chi connectivity index (χ1v) is 7.66. The predicted molar refractivity (Wildman–Crippen MR) is 79.9 cm³/mol. The first-order chi connectivity index (χ1) is 9.14. The average Bonchev–Trinajstić information content (AvgIpc) is 2.37. The zero-order valence-electron chi connectivity index (χ0n) is 12.2. The Labute approximate surface area is 117 Å². The van der Waals surface area contributed by atoms with Gasteiger partial charge in [0.1, 0.15) is 0 Å². The second kappa shape index (κ2) is 4.92. The molecule has 0 bridgehead atoms. The molecule has 3 rings (SSSR count). The molecule has 104 valence electrons. The number of nitrogens with two attached hydrogens (primary N) is 1. The second-order valence-electron chi connectivity index (χ2n) is 6.78. The minimum atomic E-state index is 0.294. The summed E-state index contributed by atoms with van der Waals surface area (Å²) in [6.07, 6.45) is 3.77. The maximum atomic E-state index is 6.14. The largest absolute Gasteiger partial charge is 0.329 e. The van der Waals surface area contributed by atoms with Crippen LogP contribution in [0.15, 0.2) is 24.3 Å². The molecule has 2 nitrogen and oxygen atoms in total.